The van der Waals surface area contributed by atoms with Gasteiger partial charge in [0.15, 0.2) is 0 Å². The fourth-order valence-corrected chi connectivity index (χ4v) is 3.46. The molecule has 1 N–H and O–H groups in total. The second-order valence-electron chi connectivity index (χ2n) is 5.97. The van der Waals surface area contributed by atoms with Crippen molar-refractivity contribution in [2.24, 2.45) is 11.8 Å². The second-order valence-corrected chi connectivity index (χ2v) is 5.97. The van der Waals surface area contributed by atoms with Crippen LogP contribution in [0.2, 0.25) is 0 Å². The topological polar surface area (TPSA) is 50.4 Å². The van der Waals surface area contributed by atoms with Gasteiger partial charge in [0.05, 0.1) is 5.92 Å². The van der Waals surface area contributed by atoms with Crippen LogP contribution in [-0.4, -0.2) is 11.1 Å². The highest BCUT2D eigenvalue weighted by Crippen LogP contribution is 2.43. The number of carbonyl (C=O) groups is 1. The van der Waals surface area contributed by atoms with E-state index in [-0.39, 0.29) is 11.7 Å². The van der Waals surface area contributed by atoms with E-state index in [0.29, 0.717) is 29.1 Å². The van der Waals surface area contributed by atoms with Crippen LogP contribution in [0.1, 0.15) is 44.3 Å². The lowest BCUT2D eigenvalue weighted by molar-refractivity contribution is -0.144. The molecule has 3 unspecified atom stereocenters. The van der Waals surface area contributed by atoms with Crippen molar-refractivity contribution < 1.29 is 18.7 Å². The van der Waals surface area contributed by atoms with Gasteiger partial charge in [-0.2, -0.15) is 0 Å². The van der Waals surface area contributed by atoms with E-state index in [4.69, 9.17) is 4.42 Å². The average Bonchev–Trinajstić information content (AvgIpc) is 2.89. The Morgan fingerprint density at radius 3 is 2.90 bits per heavy atom. The lowest BCUT2D eigenvalue weighted by atomic mass is 9.72. The molecule has 0 saturated heterocycles. The summed E-state index contributed by atoms with van der Waals surface area (Å²) >= 11 is 0. The van der Waals surface area contributed by atoms with E-state index < -0.39 is 11.9 Å². The van der Waals surface area contributed by atoms with Gasteiger partial charge in [0.25, 0.3) is 0 Å². The van der Waals surface area contributed by atoms with Crippen molar-refractivity contribution in [2.45, 2.75) is 38.5 Å². The van der Waals surface area contributed by atoms with Gasteiger partial charge < -0.3 is 9.52 Å². The lowest BCUT2D eigenvalue weighted by Crippen LogP contribution is -2.28. The Morgan fingerprint density at radius 1 is 1.38 bits per heavy atom. The quantitative estimate of drug-likeness (QED) is 0.901. The van der Waals surface area contributed by atoms with Crippen molar-refractivity contribution in [3.05, 3.63) is 35.8 Å². The SMILES string of the molecule is CCC1CCC(C(=O)O)C(c2cc3cc(F)ccc3o2)C1. The van der Waals surface area contributed by atoms with Crippen molar-refractivity contribution in [1.82, 2.24) is 0 Å². The van der Waals surface area contributed by atoms with Gasteiger partial charge in [-0.25, -0.2) is 4.39 Å². The number of benzene rings is 1. The molecule has 0 aliphatic heterocycles. The Bertz CT molecular complexity index is 661. The molecule has 1 heterocycles. The Kier molecular flexibility index (Phi) is 3.70. The van der Waals surface area contributed by atoms with E-state index in [9.17, 15) is 14.3 Å². The molecule has 3 nitrogen and oxygen atoms in total. The molecule has 1 aromatic heterocycles. The van der Waals surface area contributed by atoms with Crippen LogP contribution in [0.4, 0.5) is 4.39 Å². The number of hydrogen-bond donors (Lipinski definition) is 1. The molecule has 1 fully saturated rings. The molecule has 0 radical (unpaired) electrons. The normalized spacial score (nSPS) is 26.1. The highest BCUT2D eigenvalue weighted by atomic mass is 19.1. The summed E-state index contributed by atoms with van der Waals surface area (Å²) < 4.78 is 19.1. The van der Waals surface area contributed by atoms with Crippen LogP contribution in [0.25, 0.3) is 11.0 Å². The van der Waals surface area contributed by atoms with Crippen LogP contribution in [0, 0.1) is 17.7 Å². The van der Waals surface area contributed by atoms with Gasteiger partial charge in [-0.15, -0.1) is 0 Å². The molecule has 3 atom stereocenters. The Hall–Kier alpha value is -1.84. The van der Waals surface area contributed by atoms with Gasteiger partial charge in [-0.05, 0) is 49.4 Å². The standard InChI is InChI=1S/C17H19FO3/c1-2-10-3-5-13(17(19)20)14(7-10)16-9-11-8-12(18)4-6-15(11)21-16/h4,6,8-10,13-14H,2-3,5,7H2,1H3,(H,19,20). The van der Waals surface area contributed by atoms with Crippen molar-refractivity contribution in [3.63, 3.8) is 0 Å². The number of hydrogen-bond acceptors (Lipinski definition) is 2. The summed E-state index contributed by atoms with van der Waals surface area (Å²) in [6.07, 6.45) is 3.52. The molecular weight excluding hydrogens is 271 g/mol. The number of carboxylic acid groups (broad SMARTS) is 1. The first-order valence-corrected chi connectivity index (χ1v) is 7.50. The molecular formula is C17H19FO3. The molecule has 1 aliphatic carbocycles. The predicted molar refractivity (Wildman–Crippen MR) is 77.7 cm³/mol. The largest absolute Gasteiger partial charge is 0.481 e. The van der Waals surface area contributed by atoms with E-state index in [2.05, 4.69) is 6.92 Å². The van der Waals surface area contributed by atoms with E-state index in [1.165, 1.54) is 12.1 Å². The Morgan fingerprint density at radius 2 is 2.19 bits per heavy atom. The zero-order chi connectivity index (χ0) is 15.0. The minimum atomic E-state index is -0.763. The summed E-state index contributed by atoms with van der Waals surface area (Å²) in [7, 11) is 0. The summed E-state index contributed by atoms with van der Waals surface area (Å²) in [5.41, 5.74) is 0.620. The first-order valence-electron chi connectivity index (χ1n) is 7.50. The summed E-state index contributed by atoms with van der Waals surface area (Å²) in [5.74, 6) is -0.368. The maximum atomic E-state index is 13.3. The predicted octanol–water partition coefficient (Wildman–Crippen LogP) is 4.57. The molecule has 1 aromatic carbocycles. The molecule has 0 bridgehead atoms. The number of aliphatic carboxylic acids is 1. The number of rotatable bonds is 3. The number of fused-ring (bicyclic) bond motifs is 1. The highest BCUT2D eigenvalue weighted by Gasteiger charge is 2.37. The molecule has 21 heavy (non-hydrogen) atoms. The van der Waals surface area contributed by atoms with E-state index in [0.717, 1.165) is 19.3 Å². The third kappa shape index (κ3) is 2.67. The van der Waals surface area contributed by atoms with Crippen molar-refractivity contribution in [1.29, 1.82) is 0 Å². The maximum absolute atomic E-state index is 13.3. The first kappa shape index (κ1) is 14.1. The second kappa shape index (κ2) is 5.51. The van der Waals surface area contributed by atoms with E-state index >= 15 is 0 Å². The Balaban J connectivity index is 1.98. The molecule has 3 rings (SSSR count). The van der Waals surface area contributed by atoms with Crippen LogP contribution in [0.3, 0.4) is 0 Å². The lowest BCUT2D eigenvalue weighted by Gasteiger charge is -2.32. The van der Waals surface area contributed by atoms with Crippen molar-refractivity contribution >= 4 is 16.9 Å². The van der Waals surface area contributed by atoms with Crippen LogP contribution in [0.15, 0.2) is 28.7 Å². The summed E-state index contributed by atoms with van der Waals surface area (Å²) in [6, 6.07) is 6.19. The van der Waals surface area contributed by atoms with Gasteiger partial charge in [0.1, 0.15) is 17.2 Å². The highest BCUT2D eigenvalue weighted by molar-refractivity contribution is 5.78. The number of halogens is 1. The van der Waals surface area contributed by atoms with Crippen LogP contribution < -0.4 is 0 Å². The molecule has 0 amide bonds. The molecule has 1 aliphatic rings. The molecule has 2 aromatic rings. The monoisotopic (exact) mass is 290 g/mol. The van der Waals surface area contributed by atoms with Crippen molar-refractivity contribution in [3.8, 4) is 0 Å². The summed E-state index contributed by atoms with van der Waals surface area (Å²) in [4.78, 5) is 11.5. The molecule has 4 heteroatoms. The fourth-order valence-electron chi connectivity index (χ4n) is 3.46. The fraction of sp³-hybridized carbons (Fsp3) is 0.471. The number of carboxylic acids is 1. The molecule has 0 spiro atoms. The third-order valence-electron chi connectivity index (χ3n) is 4.72. The summed E-state index contributed by atoms with van der Waals surface area (Å²) in [5, 5.41) is 10.1. The van der Waals surface area contributed by atoms with Crippen LogP contribution >= 0.6 is 0 Å². The summed E-state index contributed by atoms with van der Waals surface area (Å²) in [6.45, 7) is 2.14. The first-order chi connectivity index (χ1) is 10.1. The molecule has 1 saturated carbocycles. The minimum Gasteiger partial charge on any atom is -0.481 e. The Labute approximate surface area is 122 Å². The van der Waals surface area contributed by atoms with Crippen LogP contribution in [-0.2, 0) is 4.79 Å². The van der Waals surface area contributed by atoms with E-state index in [1.807, 2.05) is 0 Å². The van der Waals surface area contributed by atoms with Gasteiger partial charge in [0, 0.05) is 11.3 Å². The maximum Gasteiger partial charge on any atom is 0.307 e. The van der Waals surface area contributed by atoms with Crippen LogP contribution in [0.5, 0.6) is 0 Å². The van der Waals surface area contributed by atoms with Gasteiger partial charge in [0.2, 0.25) is 0 Å². The zero-order valence-electron chi connectivity index (χ0n) is 12.0. The average molecular weight is 290 g/mol. The smallest absolute Gasteiger partial charge is 0.307 e. The number of furan rings is 1. The van der Waals surface area contributed by atoms with Gasteiger partial charge in [-0.3, -0.25) is 4.79 Å². The van der Waals surface area contributed by atoms with Gasteiger partial charge >= 0.3 is 5.97 Å². The van der Waals surface area contributed by atoms with Crippen molar-refractivity contribution in [2.75, 3.05) is 0 Å². The van der Waals surface area contributed by atoms with E-state index in [1.54, 1.807) is 12.1 Å². The molecule has 112 valence electrons. The minimum absolute atomic E-state index is 0.114. The van der Waals surface area contributed by atoms with Gasteiger partial charge in [-0.1, -0.05) is 13.3 Å². The third-order valence-corrected chi connectivity index (χ3v) is 4.72. The zero-order valence-corrected chi connectivity index (χ0v) is 12.0.